The van der Waals surface area contributed by atoms with Gasteiger partial charge in [0.25, 0.3) is 5.91 Å². The standard InChI is InChI=1S/C42H59N5O4/c1-26-22-46(25-37-38(50-10)17-32(18-39(37)51-11)36-24-44(9)40(48)29(4)28(36)3)27(2)21-45(26)23-31-13-12-14-34-30(5)47(16-15-35(31)34)41(49)33(20-43)19-42(6,7)8/h12-14,17-19,26-27,30,36-38H,15-16,21-25H2,1-11H3/b33-19+/t26-,27-,30?,36?,37?,38?/m1/s1. The highest BCUT2D eigenvalue weighted by atomic mass is 16.5. The molecule has 0 aromatic heterocycles. The third-order valence-electron chi connectivity index (χ3n) is 11.6. The first-order valence-electron chi connectivity index (χ1n) is 18.5. The fourth-order valence-corrected chi connectivity index (χ4v) is 8.52. The molecule has 0 saturated carbocycles. The minimum atomic E-state index is -0.250. The van der Waals surface area contributed by atoms with E-state index in [9.17, 15) is 14.9 Å². The number of hydrogen-bond donors (Lipinski definition) is 0. The molecule has 1 saturated heterocycles. The number of nitrogens with zero attached hydrogens (tertiary/aromatic N) is 5. The van der Waals surface area contributed by atoms with E-state index in [1.54, 1.807) is 20.3 Å². The molecule has 6 atom stereocenters. The summed E-state index contributed by atoms with van der Waals surface area (Å²) in [5, 5.41) is 9.79. The molecular weight excluding hydrogens is 638 g/mol. The molecule has 9 heteroatoms. The van der Waals surface area contributed by atoms with Gasteiger partial charge in [0.15, 0.2) is 0 Å². The molecule has 1 aromatic carbocycles. The van der Waals surface area contributed by atoms with Crippen LogP contribution in [0.3, 0.4) is 0 Å². The van der Waals surface area contributed by atoms with Crippen LogP contribution in [0.5, 0.6) is 0 Å². The molecule has 0 radical (unpaired) electrons. The lowest BCUT2D eigenvalue weighted by Crippen LogP contribution is -2.57. The molecule has 5 rings (SSSR count). The summed E-state index contributed by atoms with van der Waals surface area (Å²) < 4.78 is 12.2. The third-order valence-corrected chi connectivity index (χ3v) is 11.6. The fraction of sp³-hybridized carbons (Fsp3) is 0.595. The SMILES string of the molecule is COC1=CC(C2CN(C)C(=O)C(C)=C2C)=CC(OC)C1CN1C[C@@H](C)N(Cc2cccc3c2CCN(C(=O)/C(C#N)=C/C(C)(C)C)C3C)C[C@H]1C. The minimum absolute atomic E-state index is 0.0614. The smallest absolute Gasteiger partial charge is 0.264 e. The Labute approximate surface area is 306 Å². The molecule has 1 aromatic rings. The summed E-state index contributed by atoms with van der Waals surface area (Å²) in [5.74, 6) is 1.03. The molecule has 3 aliphatic heterocycles. The van der Waals surface area contributed by atoms with E-state index in [1.807, 2.05) is 44.5 Å². The Kier molecular flexibility index (Phi) is 11.7. The Balaban J connectivity index is 1.27. The number of likely N-dealkylation sites (N-methyl/N-ethyl adjacent to an activating group) is 1. The Hall–Kier alpha value is -3.71. The van der Waals surface area contributed by atoms with Crippen LogP contribution in [0, 0.1) is 28.6 Å². The van der Waals surface area contributed by atoms with Gasteiger partial charge in [-0.15, -0.1) is 0 Å². The maximum Gasteiger partial charge on any atom is 0.264 e. The van der Waals surface area contributed by atoms with Crippen molar-refractivity contribution < 1.29 is 19.1 Å². The second kappa shape index (κ2) is 15.5. The molecule has 51 heavy (non-hydrogen) atoms. The lowest BCUT2D eigenvalue weighted by atomic mass is 9.80. The number of nitriles is 1. The number of allylic oxidation sites excluding steroid dienone is 2. The number of fused-ring (bicyclic) bond motifs is 1. The number of carbonyl (C=O) groups excluding carboxylic acids is 2. The molecule has 1 aliphatic carbocycles. The van der Waals surface area contributed by atoms with Crippen molar-refractivity contribution in [2.45, 2.75) is 92.6 Å². The highest BCUT2D eigenvalue weighted by Crippen LogP contribution is 2.38. The Bertz CT molecular complexity index is 1680. The van der Waals surface area contributed by atoms with Gasteiger partial charge in [-0.3, -0.25) is 19.4 Å². The van der Waals surface area contributed by atoms with Crippen LogP contribution in [0.15, 0.2) is 64.5 Å². The van der Waals surface area contributed by atoms with Crippen molar-refractivity contribution in [3.8, 4) is 6.07 Å². The lowest BCUT2D eigenvalue weighted by molar-refractivity contribution is -0.129. The Morgan fingerprint density at radius 1 is 1.06 bits per heavy atom. The molecule has 1 fully saturated rings. The Morgan fingerprint density at radius 2 is 1.75 bits per heavy atom. The molecule has 3 heterocycles. The third kappa shape index (κ3) is 8.04. The molecule has 276 valence electrons. The zero-order valence-corrected chi connectivity index (χ0v) is 32.7. The second-order valence-electron chi connectivity index (χ2n) is 16.3. The van der Waals surface area contributed by atoms with Crippen LogP contribution in [0.1, 0.15) is 78.1 Å². The van der Waals surface area contributed by atoms with Gasteiger partial charge in [0.05, 0.1) is 25.2 Å². The van der Waals surface area contributed by atoms with E-state index in [2.05, 4.69) is 73.9 Å². The summed E-state index contributed by atoms with van der Waals surface area (Å²) in [6, 6.07) is 9.25. The van der Waals surface area contributed by atoms with Gasteiger partial charge in [-0.25, -0.2) is 0 Å². The van der Waals surface area contributed by atoms with Gasteiger partial charge in [0.2, 0.25) is 5.91 Å². The van der Waals surface area contributed by atoms with Crippen LogP contribution < -0.4 is 0 Å². The molecular formula is C42H59N5O4. The van der Waals surface area contributed by atoms with Crippen molar-refractivity contribution in [2.24, 2.45) is 17.3 Å². The predicted octanol–water partition coefficient (Wildman–Crippen LogP) is 6.05. The van der Waals surface area contributed by atoms with Crippen molar-refractivity contribution in [3.05, 3.63) is 81.2 Å². The van der Waals surface area contributed by atoms with Crippen LogP contribution in [-0.2, 0) is 32.0 Å². The van der Waals surface area contributed by atoms with E-state index in [0.29, 0.717) is 25.2 Å². The van der Waals surface area contributed by atoms with E-state index in [-0.39, 0.29) is 46.8 Å². The first kappa shape index (κ1) is 38.5. The number of amides is 2. The maximum absolute atomic E-state index is 13.5. The van der Waals surface area contributed by atoms with Crippen molar-refractivity contribution in [3.63, 3.8) is 0 Å². The number of ether oxygens (including phenoxy) is 2. The van der Waals surface area contributed by atoms with Gasteiger partial charge in [0, 0.05) is 77.0 Å². The average molecular weight is 698 g/mol. The first-order valence-corrected chi connectivity index (χ1v) is 18.5. The van der Waals surface area contributed by atoms with Gasteiger partial charge in [-0.2, -0.15) is 5.26 Å². The monoisotopic (exact) mass is 697 g/mol. The number of piperazine rings is 1. The summed E-state index contributed by atoms with van der Waals surface area (Å²) in [6.07, 6.45) is 6.88. The van der Waals surface area contributed by atoms with Gasteiger partial charge < -0.3 is 19.3 Å². The lowest BCUT2D eigenvalue weighted by Gasteiger charge is -2.46. The topological polar surface area (TPSA) is 89.3 Å². The van der Waals surface area contributed by atoms with E-state index >= 15 is 0 Å². The number of rotatable bonds is 8. The fourth-order valence-electron chi connectivity index (χ4n) is 8.52. The molecule has 9 nitrogen and oxygen atoms in total. The van der Waals surface area contributed by atoms with Crippen LogP contribution in [0.4, 0.5) is 0 Å². The molecule has 0 bridgehead atoms. The predicted molar refractivity (Wildman–Crippen MR) is 201 cm³/mol. The van der Waals surface area contributed by atoms with Crippen molar-refractivity contribution in [1.82, 2.24) is 19.6 Å². The largest absolute Gasteiger partial charge is 0.501 e. The molecule has 0 N–H and O–H groups in total. The number of benzene rings is 1. The highest BCUT2D eigenvalue weighted by Gasteiger charge is 2.39. The molecule has 4 unspecified atom stereocenters. The van der Waals surface area contributed by atoms with Crippen molar-refractivity contribution in [2.75, 3.05) is 54.0 Å². The van der Waals surface area contributed by atoms with E-state index < -0.39 is 0 Å². The van der Waals surface area contributed by atoms with Gasteiger partial charge in [-0.1, -0.05) is 56.7 Å². The minimum Gasteiger partial charge on any atom is -0.501 e. The zero-order chi connectivity index (χ0) is 37.4. The molecule has 0 spiro atoms. The van der Waals surface area contributed by atoms with Gasteiger partial charge in [-0.05, 0) is 74.8 Å². The summed E-state index contributed by atoms with van der Waals surface area (Å²) >= 11 is 0. The molecule has 2 amide bonds. The quantitative estimate of drug-likeness (QED) is 0.242. The normalized spacial score (nSPS) is 28.3. The summed E-state index contributed by atoms with van der Waals surface area (Å²) in [5.41, 5.74) is 6.91. The summed E-state index contributed by atoms with van der Waals surface area (Å²) in [6.45, 7) is 21.6. The van der Waals surface area contributed by atoms with Crippen molar-refractivity contribution in [1.29, 1.82) is 5.26 Å². The number of hydrogen-bond acceptors (Lipinski definition) is 7. The second-order valence-corrected chi connectivity index (χ2v) is 16.3. The van der Waals surface area contributed by atoms with Gasteiger partial charge >= 0.3 is 0 Å². The van der Waals surface area contributed by atoms with Crippen LogP contribution in [0.25, 0.3) is 0 Å². The van der Waals surface area contributed by atoms with Crippen molar-refractivity contribution >= 4 is 11.8 Å². The Morgan fingerprint density at radius 3 is 2.39 bits per heavy atom. The zero-order valence-electron chi connectivity index (χ0n) is 32.7. The molecule has 4 aliphatic rings. The van der Waals surface area contributed by atoms with Crippen LogP contribution in [-0.4, -0.2) is 104 Å². The van der Waals surface area contributed by atoms with E-state index in [4.69, 9.17) is 9.47 Å². The highest BCUT2D eigenvalue weighted by molar-refractivity contribution is 5.97. The number of methoxy groups -OCH3 is 2. The van der Waals surface area contributed by atoms with Crippen LogP contribution in [0.2, 0.25) is 0 Å². The average Bonchev–Trinajstić information content (AvgIpc) is 3.09. The van der Waals surface area contributed by atoms with E-state index in [1.165, 1.54) is 16.7 Å². The first-order chi connectivity index (χ1) is 24.1. The summed E-state index contributed by atoms with van der Waals surface area (Å²) in [4.78, 5) is 34.9. The van der Waals surface area contributed by atoms with Gasteiger partial charge in [0.1, 0.15) is 17.4 Å². The van der Waals surface area contributed by atoms with Crippen LogP contribution >= 0.6 is 0 Å². The number of carbonyl (C=O) groups is 2. The maximum atomic E-state index is 13.5. The van der Waals surface area contributed by atoms with E-state index in [0.717, 1.165) is 55.1 Å². The summed E-state index contributed by atoms with van der Waals surface area (Å²) in [7, 11) is 5.40.